The second-order valence-corrected chi connectivity index (χ2v) is 6.65. The van der Waals surface area contributed by atoms with E-state index in [2.05, 4.69) is 17.2 Å². The zero-order valence-electron chi connectivity index (χ0n) is 14.0. The summed E-state index contributed by atoms with van der Waals surface area (Å²) in [4.78, 5) is 35.3. The Hall–Kier alpha value is -2.50. The summed E-state index contributed by atoms with van der Waals surface area (Å²) in [7, 11) is 0. The van der Waals surface area contributed by atoms with Crippen molar-refractivity contribution in [3.63, 3.8) is 0 Å². The highest BCUT2D eigenvalue weighted by Gasteiger charge is 2.53. The van der Waals surface area contributed by atoms with Crippen LogP contribution in [0.1, 0.15) is 27.2 Å². The third-order valence-electron chi connectivity index (χ3n) is 4.75. The van der Waals surface area contributed by atoms with Gasteiger partial charge in [-0.1, -0.05) is 20.4 Å². The Balaban J connectivity index is 2.10. The van der Waals surface area contributed by atoms with Crippen LogP contribution in [-0.2, 0) is 14.4 Å². The number of Topliss-reactive ketones (excluding diaryl/α,β-unsaturated/α-hetero) is 1. The molecule has 6 heteroatoms. The van der Waals surface area contributed by atoms with Crippen LogP contribution in [0, 0.1) is 23.1 Å². The highest BCUT2D eigenvalue weighted by molar-refractivity contribution is 6.00. The van der Waals surface area contributed by atoms with Crippen molar-refractivity contribution in [2.75, 3.05) is 10.6 Å². The highest BCUT2D eigenvalue weighted by atomic mass is 19.1. The Morgan fingerprint density at radius 1 is 1.25 bits per heavy atom. The first kappa shape index (κ1) is 17.8. The van der Waals surface area contributed by atoms with E-state index in [1.165, 1.54) is 25.1 Å². The van der Waals surface area contributed by atoms with Gasteiger partial charge in [0, 0.05) is 17.5 Å². The van der Waals surface area contributed by atoms with Crippen LogP contribution in [0.3, 0.4) is 0 Å². The molecule has 1 aromatic carbocycles. The molecule has 5 nitrogen and oxygen atoms in total. The average molecular weight is 332 g/mol. The van der Waals surface area contributed by atoms with E-state index >= 15 is 0 Å². The van der Waals surface area contributed by atoms with Gasteiger partial charge < -0.3 is 10.6 Å². The number of halogens is 1. The van der Waals surface area contributed by atoms with Crippen LogP contribution in [0.15, 0.2) is 30.9 Å². The van der Waals surface area contributed by atoms with Crippen LogP contribution in [0.4, 0.5) is 15.8 Å². The minimum atomic E-state index is -0.608. The molecule has 2 rings (SSSR count). The maximum Gasteiger partial charge on any atom is 0.247 e. The Labute approximate surface area is 140 Å². The number of carbonyl (C=O) groups is 3. The van der Waals surface area contributed by atoms with Crippen molar-refractivity contribution in [2.24, 2.45) is 17.3 Å². The van der Waals surface area contributed by atoms with Gasteiger partial charge in [0.15, 0.2) is 0 Å². The third kappa shape index (κ3) is 3.37. The van der Waals surface area contributed by atoms with E-state index in [4.69, 9.17) is 0 Å². The number of amides is 2. The van der Waals surface area contributed by atoms with Crippen LogP contribution in [0.25, 0.3) is 0 Å². The molecule has 1 aliphatic carbocycles. The molecule has 1 aromatic rings. The summed E-state index contributed by atoms with van der Waals surface area (Å²) in [5, 5.41) is 5.06. The molecule has 0 unspecified atom stereocenters. The van der Waals surface area contributed by atoms with E-state index in [9.17, 15) is 18.8 Å². The monoisotopic (exact) mass is 332 g/mol. The predicted octanol–water partition coefficient (Wildman–Crippen LogP) is 3.14. The summed E-state index contributed by atoms with van der Waals surface area (Å²) in [5.41, 5.74) is -0.0643. The van der Waals surface area contributed by atoms with E-state index in [0.717, 1.165) is 6.08 Å². The molecule has 0 spiro atoms. The van der Waals surface area contributed by atoms with Gasteiger partial charge in [-0.25, -0.2) is 4.39 Å². The fourth-order valence-corrected chi connectivity index (χ4v) is 3.17. The molecule has 0 bridgehead atoms. The lowest BCUT2D eigenvalue weighted by atomic mass is 9.53. The van der Waals surface area contributed by atoms with E-state index in [0.29, 0.717) is 12.1 Å². The SMILES string of the molecule is C=CC(=O)Nc1cc(NC(=O)[C@H]2C[C@@H](C(C)=O)C2(C)C)ccc1F. The molecule has 0 radical (unpaired) electrons. The van der Waals surface area contributed by atoms with Crippen LogP contribution in [0.2, 0.25) is 0 Å². The largest absolute Gasteiger partial charge is 0.326 e. The zero-order chi connectivity index (χ0) is 18.1. The first-order chi connectivity index (χ1) is 11.2. The minimum Gasteiger partial charge on any atom is -0.326 e. The average Bonchev–Trinajstić information content (AvgIpc) is 2.48. The molecule has 1 saturated carbocycles. The molecule has 2 N–H and O–H groups in total. The standard InChI is InChI=1S/C18H21FN2O3/c1-5-16(23)21-15-8-11(6-7-14(15)19)20-17(24)13-9-12(10(2)22)18(13,3)4/h5-8,12-13H,1,9H2,2-4H3,(H,20,24)(H,21,23)/t12-,13+/m0/s1. The maximum absolute atomic E-state index is 13.7. The number of ketones is 1. The molecule has 0 heterocycles. The summed E-state index contributed by atoms with van der Waals surface area (Å²) in [6.07, 6.45) is 1.54. The molecule has 1 aliphatic rings. The molecule has 1 fully saturated rings. The molecular weight excluding hydrogens is 311 g/mol. The first-order valence-electron chi connectivity index (χ1n) is 7.71. The number of nitrogens with one attached hydrogen (secondary N) is 2. The molecular formula is C18H21FN2O3. The second kappa shape index (κ2) is 6.55. The van der Waals surface area contributed by atoms with Gasteiger partial charge in [-0.2, -0.15) is 0 Å². The van der Waals surface area contributed by atoms with Gasteiger partial charge in [0.25, 0.3) is 0 Å². The molecule has 128 valence electrons. The minimum absolute atomic E-state index is 0.0350. The number of anilines is 2. The zero-order valence-corrected chi connectivity index (χ0v) is 14.0. The van der Waals surface area contributed by atoms with E-state index < -0.39 is 17.1 Å². The molecule has 2 atom stereocenters. The Morgan fingerprint density at radius 2 is 1.92 bits per heavy atom. The second-order valence-electron chi connectivity index (χ2n) is 6.65. The highest BCUT2D eigenvalue weighted by Crippen LogP contribution is 2.52. The van der Waals surface area contributed by atoms with Crippen LogP contribution < -0.4 is 10.6 Å². The molecule has 2 amide bonds. The lowest BCUT2D eigenvalue weighted by molar-refractivity contribution is -0.145. The smallest absolute Gasteiger partial charge is 0.247 e. The molecule has 0 aromatic heterocycles. The molecule has 0 aliphatic heterocycles. The molecule has 0 saturated heterocycles. The van der Waals surface area contributed by atoms with Crippen molar-refractivity contribution in [3.8, 4) is 0 Å². The Bertz CT molecular complexity index is 712. The van der Waals surface area contributed by atoms with Gasteiger partial charge in [0.05, 0.1) is 5.69 Å². The number of hydrogen-bond acceptors (Lipinski definition) is 3. The summed E-state index contributed by atoms with van der Waals surface area (Å²) in [5.74, 6) is -1.69. The lowest BCUT2D eigenvalue weighted by Gasteiger charge is -2.49. The van der Waals surface area contributed by atoms with Gasteiger partial charge in [-0.15, -0.1) is 0 Å². The molecule has 24 heavy (non-hydrogen) atoms. The van der Waals surface area contributed by atoms with Crippen LogP contribution in [0.5, 0.6) is 0 Å². The number of carbonyl (C=O) groups excluding carboxylic acids is 3. The summed E-state index contributed by atoms with van der Waals surface area (Å²) in [6, 6.07) is 3.94. The van der Waals surface area contributed by atoms with Crippen molar-refractivity contribution in [3.05, 3.63) is 36.7 Å². The number of hydrogen-bond donors (Lipinski definition) is 2. The van der Waals surface area contributed by atoms with Gasteiger partial charge in [0.2, 0.25) is 11.8 Å². The topological polar surface area (TPSA) is 75.3 Å². The van der Waals surface area contributed by atoms with Crippen molar-refractivity contribution in [1.29, 1.82) is 0 Å². The van der Waals surface area contributed by atoms with E-state index in [1.54, 1.807) is 0 Å². The van der Waals surface area contributed by atoms with Crippen LogP contribution >= 0.6 is 0 Å². The normalized spacial score (nSPS) is 21.3. The summed E-state index contributed by atoms with van der Waals surface area (Å²) in [6.45, 7) is 8.63. The van der Waals surface area contributed by atoms with Gasteiger partial charge >= 0.3 is 0 Å². The lowest BCUT2D eigenvalue weighted by Crippen LogP contribution is -2.53. The Kier molecular flexibility index (Phi) is 4.87. The predicted molar refractivity (Wildman–Crippen MR) is 89.9 cm³/mol. The van der Waals surface area contributed by atoms with Crippen molar-refractivity contribution in [2.45, 2.75) is 27.2 Å². The van der Waals surface area contributed by atoms with Gasteiger partial charge in [-0.3, -0.25) is 14.4 Å². The summed E-state index contributed by atoms with van der Waals surface area (Å²) >= 11 is 0. The maximum atomic E-state index is 13.7. The Morgan fingerprint density at radius 3 is 2.46 bits per heavy atom. The van der Waals surface area contributed by atoms with Crippen molar-refractivity contribution >= 4 is 29.0 Å². The van der Waals surface area contributed by atoms with Gasteiger partial charge in [-0.05, 0) is 43.0 Å². The van der Waals surface area contributed by atoms with Crippen LogP contribution in [-0.4, -0.2) is 17.6 Å². The van der Waals surface area contributed by atoms with Gasteiger partial charge in [0.1, 0.15) is 11.6 Å². The third-order valence-corrected chi connectivity index (χ3v) is 4.75. The number of rotatable bonds is 5. The van der Waals surface area contributed by atoms with E-state index in [-0.39, 0.29) is 29.2 Å². The fourth-order valence-electron chi connectivity index (χ4n) is 3.17. The van der Waals surface area contributed by atoms with Crippen molar-refractivity contribution < 1.29 is 18.8 Å². The summed E-state index contributed by atoms with van der Waals surface area (Å²) < 4.78 is 13.7. The quantitative estimate of drug-likeness (QED) is 0.813. The number of benzene rings is 1. The fraction of sp³-hybridized carbons (Fsp3) is 0.389. The first-order valence-corrected chi connectivity index (χ1v) is 7.71. The van der Waals surface area contributed by atoms with Crippen molar-refractivity contribution in [1.82, 2.24) is 0 Å². The van der Waals surface area contributed by atoms with E-state index in [1.807, 2.05) is 13.8 Å².